The number of thiophene rings is 1. The number of carbonyl (C=O) groups excluding carboxylic acids is 1. The van der Waals surface area contributed by atoms with Gasteiger partial charge in [0.15, 0.2) is 0 Å². The number of aliphatic carboxylic acids is 1. The largest absolute Gasteiger partial charge is 0.480 e. The van der Waals surface area contributed by atoms with Crippen LogP contribution in [0, 0.1) is 5.92 Å². The van der Waals surface area contributed by atoms with E-state index in [9.17, 15) is 14.7 Å². The number of aromatic nitrogens is 1. The second-order valence-corrected chi connectivity index (χ2v) is 13.6. The van der Waals surface area contributed by atoms with Crippen molar-refractivity contribution in [2.24, 2.45) is 5.92 Å². The van der Waals surface area contributed by atoms with Crippen molar-refractivity contribution in [3.8, 4) is 11.5 Å². The van der Waals surface area contributed by atoms with Gasteiger partial charge in [0.2, 0.25) is 0 Å². The highest BCUT2D eigenvalue weighted by Crippen LogP contribution is 2.33. The Labute approximate surface area is 257 Å². The van der Waals surface area contributed by atoms with Gasteiger partial charge in [-0.1, -0.05) is 70.7 Å². The maximum atomic E-state index is 13.4. The lowest BCUT2D eigenvalue weighted by molar-refractivity contribution is -0.139. The summed E-state index contributed by atoms with van der Waals surface area (Å²) in [5.41, 5.74) is 2.39. The standard InChI is InChI=1S/C36H40N2O4S/c1-5-8-28-17-18-29(43-28)22-33(35(40)41)38-34(39)32-20-24-11-14-27(42-26-15-12-25(13-16-26)36(2,3)4)21-30(24)31(37-32)19-23-9-6-7-10-23/h5,8,11-18,20-21,23,33H,6-7,9-10,19,22H2,1-4H3,(H,38,39)(H,40,41)/t33-/m0/s1. The summed E-state index contributed by atoms with van der Waals surface area (Å²) in [7, 11) is 0. The van der Waals surface area contributed by atoms with E-state index in [1.807, 2.05) is 61.5 Å². The molecule has 5 rings (SSSR count). The van der Waals surface area contributed by atoms with Crippen molar-refractivity contribution in [3.05, 3.63) is 93.4 Å². The smallest absolute Gasteiger partial charge is 0.326 e. The molecule has 1 atom stereocenters. The van der Waals surface area contributed by atoms with E-state index in [4.69, 9.17) is 9.72 Å². The number of ether oxygens (including phenoxy) is 1. The van der Waals surface area contributed by atoms with Crippen LogP contribution in [0.4, 0.5) is 0 Å². The van der Waals surface area contributed by atoms with E-state index in [1.54, 1.807) is 6.07 Å². The molecule has 2 N–H and O–H groups in total. The molecule has 2 heterocycles. The first kappa shape index (κ1) is 30.5. The monoisotopic (exact) mass is 596 g/mol. The zero-order valence-electron chi connectivity index (χ0n) is 25.4. The molecule has 0 unspecified atom stereocenters. The lowest BCUT2D eigenvalue weighted by Crippen LogP contribution is -2.42. The zero-order valence-corrected chi connectivity index (χ0v) is 26.2. The van der Waals surface area contributed by atoms with Gasteiger partial charge in [-0.3, -0.25) is 4.79 Å². The molecule has 2 aromatic carbocycles. The fourth-order valence-electron chi connectivity index (χ4n) is 5.67. The van der Waals surface area contributed by atoms with Crippen LogP contribution in [-0.2, 0) is 23.1 Å². The molecule has 6 nitrogen and oxygen atoms in total. The van der Waals surface area contributed by atoms with Crippen LogP contribution in [0.1, 0.15) is 84.9 Å². The number of pyridine rings is 1. The highest BCUT2D eigenvalue weighted by Gasteiger charge is 2.25. The second kappa shape index (κ2) is 13.1. The Kier molecular flexibility index (Phi) is 9.31. The molecule has 43 heavy (non-hydrogen) atoms. The van der Waals surface area contributed by atoms with Crippen molar-refractivity contribution >= 4 is 40.1 Å². The van der Waals surface area contributed by atoms with Crippen molar-refractivity contribution in [3.63, 3.8) is 0 Å². The summed E-state index contributed by atoms with van der Waals surface area (Å²) >= 11 is 1.52. The molecular weight excluding hydrogens is 556 g/mol. The van der Waals surface area contributed by atoms with E-state index in [0.717, 1.165) is 51.2 Å². The molecule has 1 amide bonds. The number of amides is 1. The summed E-state index contributed by atoms with van der Waals surface area (Å²) in [6.45, 7) is 8.50. The number of carboxylic acid groups (broad SMARTS) is 1. The van der Waals surface area contributed by atoms with Gasteiger partial charge in [-0.05, 0) is 84.2 Å². The van der Waals surface area contributed by atoms with E-state index in [2.05, 4.69) is 38.2 Å². The Hall–Kier alpha value is -3.97. The Balaban J connectivity index is 1.41. The average Bonchev–Trinajstić information content (AvgIpc) is 3.65. The first-order chi connectivity index (χ1) is 20.6. The number of nitrogens with one attached hydrogen (secondary N) is 1. The van der Waals surface area contributed by atoms with Gasteiger partial charge in [-0.2, -0.15) is 0 Å². The normalized spacial score (nSPS) is 14.8. The first-order valence-electron chi connectivity index (χ1n) is 15.1. The van der Waals surface area contributed by atoms with Crippen LogP contribution in [0.2, 0.25) is 0 Å². The molecule has 1 fully saturated rings. The first-order valence-corrected chi connectivity index (χ1v) is 15.9. The Morgan fingerprint density at radius 2 is 1.77 bits per heavy atom. The molecule has 0 spiro atoms. The van der Waals surface area contributed by atoms with Crippen molar-refractivity contribution in [2.75, 3.05) is 0 Å². The SMILES string of the molecule is CC=Cc1ccc(C[C@H](NC(=O)c2cc3ccc(Oc4ccc(C(C)(C)C)cc4)cc3c(CC3CCCC3)n2)C(=O)O)s1. The van der Waals surface area contributed by atoms with Crippen LogP contribution in [0.5, 0.6) is 11.5 Å². The summed E-state index contributed by atoms with van der Waals surface area (Å²) in [4.78, 5) is 32.3. The van der Waals surface area contributed by atoms with Gasteiger partial charge >= 0.3 is 5.97 Å². The van der Waals surface area contributed by atoms with Crippen LogP contribution < -0.4 is 10.1 Å². The Morgan fingerprint density at radius 1 is 1.05 bits per heavy atom. The summed E-state index contributed by atoms with van der Waals surface area (Å²) in [6, 6.07) is 18.6. The van der Waals surface area contributed by atoms with Crippen LogP contribution in [0.25, 0.3) is 16.8 Å². The predicted octanol–water partition coefficient (Wildman–Crippen LogP) is 8.58. The number of nitrogens with zero attached hydrogens (tertiary/aromatic N) is 1. The average molecular weight is 597 g/mol. The van der Waals surface area contributed by atoms with Gasteiger partial charge in [0.1, 0.15) is 23.2 Å². The summed E-state index contributed by atoms with van der Waals surface area (Å²) < 4.78 is 6.23. The van der Waals surface area contributed by atoms with E-state index < -0.39 is 17.9 Å². The Morgan fingerprint density at radius 3 is 2.44 bits per heavy atom. The molecule has 2 aromatic heterocycles. The third kappa shape index (κ3) is 7.71. The molecule has 0 radical (unpaired) electrons. The number of hydrogen-bond donors (Lipinski definition) is 2. The molecular formula is C36H40N2O4S. The van der Waals surface area contributed by atoms with Gasteiger partial charge in [0, 0.05) is 27.3 Å². The van der Waals surface area contributed by atoms with E-state index in [1.165, 1.54) is 29.7 Å². The van der Waals surface area contributed by atoms with Gasteiger partial charge < -0.3 is 15.2 Å². The molecule has 7 heteroatoms. The molecule has 0 aliphatic heterocycles. The van der Waals surface area contributed by atoms with Gasteiger partial charge in [0.05, 0.1) is 0 Å². The second-order valence-electron chi connectivity index (χ2n) is 12.4. The van der Waals surface area contributed by atoms with Gasteiger partial charge in [-0.15, -0.1) is 11.3 Å². The van der Waals surface area contributed by atoms with Gasteiger partial charge in [0.25, 0.3) is 5.91 Å². The molecule has 1 aliphatic carbocycles. The fraction of sp³-hybridized carbons (Fsp3) is 0.361. The van der Waals surface area contributed by atoms with Crippen LogP contribution in [0.3, 0.4) is 0 Å². The maximum Gasteiger partial charge on any atom is 0.326 e. The number of carboxylic acids is 1. The van der Waals surface area contributed by atoms with E-state index in [0.29, 0.717) is 11.7 Å². The highest BCUT2D eigenvalue weighted by molar-refractivity contribution is 7.12. The fourth-order valence-corrected chi connectivity index (χ4v) is 6.70. The molecule has 1 aliphatic rings. The minimum Gasteiger partial charge on any atom is -0.480 e. The van der Waals surface area contributed by atoms with E-state index in [-0.39, 0.29) is 17.5 Å². The van der Waals surface area contributed by atoms with Gasteiger partial charge in [-0.25, -0.2) is 9.78 Å². The quantitative estimate of drug-likeness (QED) is 0.191. The molecule has 224 valence electrons. The lowest BCUT2D eigenvalue weighted by Gasteiger charge is -2.19. The summed E-state index contributed by atoms with van der Waals surface area (Å²) in [6.07, 6.45) is 9.61. The lowest BCUT2D eigenvalue weighted by atomic mass is 9.87. The van der Waals surface area contributed by atoms with Crippen molar-refractivity contribution in [1.29, 1.82) is 0 Å². The molecule has 0 saturated heterocycles. The highest BCUT2D eigenvalue weighted by atomic mass is 32.1. The van der Waals surface area contributed by atoms with Crippen molar-refractivity contribution < 1.29 is 19.4 Å². The molecule has 4 aromatic rings. The number of rotatable bonds is 10. The predicted molar refractivity (Wildman–Crippen MR) is 174 cm³/mol. The third-order valence-electron chi connectivity index (χ3n) is 8.05. The van der Waals surface area contributed by atoms with Crippen molar-refractivity contribution in [1.82, 2.24) is 10.3 Å². The minimum absolute atomic E-state index is 0.0660. The summed E-state index contributed by atoms with van der Waals surface area (Å²) in [5, 5.41) is 14.5. The minimum atomic E-state index is -1.07. The number of benzene rings is 2. The topological polar surface area (TPSA) is 88.5 Å². The number of carbonyl (C=O) groups is 2. The van der Waals surface area contributed by atoms with Crippen LogP contribution in [-0.4, -0.2) is 28.0 Å². The molecule has 0 bridgehead atoms. The van der Waals surface area contributed by atoms with Crippen LogP contribution in [0.15, 0.2) is 66.7 Å². The zero-order chi connectivity index (χ0) is 30.6. The number of allylic oxidation sites excluding steroid dienone is 1. The maximum absolute atomic E-state index is 13.4. The van der Waals surface area contributed by atoms with Crippen LogP contribution >= 0.6 is 11.3 Å². The molecule has 1 saturated carbocycles. The van der Waals surface area contributed by atoms with Crippen molar-refractivity contribution in [2.45, 2.75) is 77.7 Å². The third-order valence-corrected chi connectivity index (χ3v) is 9.12. The summed E-state index contributed by atoms with van der Waals surface area (Å²) in [5.74, 6) is 0.435. The number of hydrogen-bond acceptors (Lipinski definition) is 5. The van der Waals surface area contributed by atoms with E-state index >= 15 is 0 Å². The number of fused-ring (bicyclic) bond motifs is 1. The Bertz CT molecular complexity index is 1630.